The second-order valence-electron chi connectivity index (χ2n) is 5.95. The number of hydrogen-bond acceptors (Lipinski definition) is 4. The van der Waals surface area contributed by atoms with Crippen LogP contribution in [0.15, 0.2) is 23.3 Å². The Bertz CT molecular complexity index is 576. The maximum absolute atomic E-state index is 12.2. The van der Waals surface area contributed by atoms with Gasteiger partial charge in [-0.3, -0.25) is 4.79 Å². The molecule has 1 fully saturated rings. The summed E-state index contributed by atoms with van der Waals surface area (Å²) in [5.74, 6) is 1.37. The third-order valence-electron chi connectivity index (χ3n) is 3.91. The number of halogens is 1. The summed E-state index contributed by atoms with van der Waals surface area (Å²) in [4.78, 5) is 22.9. The molecule has 0 spiro atoms. The summed E-state index contributed by atoms with van der Waals surface area (Å²) >= 11 is 0. The van der Waals surface area contributed by atoms with E-state index in [0.29, 0.717) is 25.0 Å². The molecule has 8 heteroatoms. The summed E-state index contributed by atoms with van der Waals surface area (Å²) in [6.07, 6.45) is 4.85. The zero-order chi connectivity index (χ0) is 17.9. The lowest BCUT2D eigenvalue weighted by Crippen LogP contribution is -2.44. The maximum atomic E-state index is 12.2. The zero-order valence-corrected chi connectivity index (χ0v) is 18.0. The highest BCUT2D eigenvalue weighted by Gasteiger charge is 2.17. The molecule has 0 atom stereocenters. The van der Waals surface area contributed by atoms with Crippen LogP contribution >= 0.6 is 24.0 Å². The molecular formula is C18H30IN5O2. The number of amides is 1. The Morgan fingerprint density at radius 2 is 2.08 bits per heavy atom. The maximum Gasteiger partial charge on any atom is 0.241 e. The minimum atomic E-state index is 0. The summed E-state index contributed by atoms with van der Waals surface area (Å²) in [5.41, 5.74) is 0.930. The zero-order valence-electron chi connectivity index (χ0n) is 15.7. The van der Waals surface area contributed by atoms with Gasteiger partial charge in [0.25, 0.3) is 0 Å². The molecule has 2 N–H and O–H groups in total. The van der Waals surface area contributed by atoms with Gasteiger partial charge in [-0.15, -0.1) is 24.0 Å². The number of likely N-dealkylation sites (tertiary alicyclic amines) is 1. The number of hydrogen-bond donors (Lipinski definition) is 2. The van der Waals surface area contributed by atoms with Crippen LogP contribution in [0.3, 0.4) is 0 Å². The van der Waals surface area contributed by atoms with E-state index in [1.54, 1.807) is 6.20 Å². The Morgan fingerprint density at radius 1 is 1.31 bits per heavy atom. The van der Waals surface area contributed by atoms with Gasteiger partial charge in [0.05, 0.1) is 19.7 Å². The Labute approximate surface area is 173 Å². The van der Waals surface area contributed by atoms with Crippen LogP contribution in [-0.4, -0.2) is 54.5 Å². The predicted octanol–water partition coefficient (Wildman–Crippen LogP) is 2.17. The Hall–Kier alpha value is -1.58. The summed E-state index contributed by atoms with van der Waals surface area (Å²) in [7, 11) is 0. The molecule has 1 amide bonds. The van der Waals surface area contributed by atoms with Gasteiger partial charge in [0.1, 0.15) is 0 Å². The molecule has 0 saturated carbocycles. The first-order valence-electron chi connectivity index (χ1n) is 9.11. The van der Waals surface area contributed by atoms with E-state index in [9.17, 15) is 4.79 Å². The fourth-order valence-electron chi connectivity index (χ4n) is 2.62. The van der Waals surface area contributed by atoms with E-state index < -0.39 is 0 Å². The van der Waals surface area contributed by atoms with Gasteiger partial charge >= 0.3 is 0 Å². The first-order chi connectivity index (χ1) is 12.2. The average molecular weight is 475 g/mol. The molecule has 0 aliphatic carbocycles. The van der Waals surface area contributed by atoms with Crippen molar-refractivity contribution in [3.8, 4) is 5.88 Å². The van der Waals surface area contributed by atoms with Crippen molar-refractivity contribution in [1.82, 2.24) is 20.5 Å². The van der Waals surface area contributed by atoms with Crippen molar-refractivity contribution in [2.75, 3.05) is 32.8 Å². The molecule has 2 rings (SSSR count). The van der Waals surface area contributed by atoms with E-state index in [2.05, 4.69) is 27.5 Å². The molecule has 146 valence electrons. The molecule has 1 aromatic heterocycles. The van der Waals surface area contributed by atoms with Crippen LogP contribution in [0.2, 0.25) is 0 Å². The van der Waals surface area contributed by atoms with Crippen LogP contribution in [0.4, 0.5) is 0 Å². The Morgan fingerprint density at radius 3 is 2.77 bits per heavy atom. The van der Waals surface area contributed by atoms with E-state index in [-0.39, 0.29) is 36.4 Å². The van der Waals surface area contributed by atoms with Crippen molar-refractivity contribution in [3.05, 3.63) is 23.9 Å². The van der Waals surface area contributed by atoms with Crippen molar-refractivity contribution in [2.45, 2.75) is 39.7 Å². The van der Waals surface area contributed by atoms with Crippen LogP contribution in [-0.2, 0) is 11.3 Å². The summed E-state index contributed by atoms with van der Waals surface area (Å²) in [6, 6.07) is 3.83. The quantitative estimate of drug-likeness (QED) is 0.343. The van der Waals surface area contributed by atoms with Crippen molar-refractivity contribution in [1.29, 1.82) is 0 Å². The van der Waals surface area contributed by atoms with E-state index in [4.69, 9.17) is 4.74 Å². The summed E-state index contributed by atoms with van der Waals surface area (Å²) in [6.45, 7) is 7.86. The molecule has 2 heterocycles. The standard InChI is InChI=1S/C18H29N5O2.HI/c1-3-12-25-17-15(8-7-9-20-17)13-21-18(19-4-2)22-14-16(24)23-10-5-6-11-23;/h7-9H,3-6,10-14H2,1-2H3,(H2,19,21,22);1H. The largest absolute Gasteiger partial charge is 0.477 e. The third kappa shape index (κ3) is 7.35. The third-order valence-corrected chi connectivity index (χ3v) is 3.91. The van der Waals surface area contributed by atoms with Crippen LogP contribution < -0.4 is 15.4 Å². The van der Waals surface area contributed by atoms with E-state index in [1.807, 2.05) is 24.0 Å². The number of pyridine rings is 1. The van der Waals surface area contributed by atoms with Gasteiger partial charge in [-0.2, -0.15) is 0 Å². The molecule has 1 saturated heterocycles. The molecule has 1 aliphatic heterocycles. The molecule has 1 aliphatic rings. The van der Waals surface area contributed by atoms with Crippen molar-refractivity contribution in [3.63, 3.8) is 0 Å². The van der Waals surface area contributed by atoms with Crippen LogP contribution in [0.1, 0.15) is 38.7 Å². The number of carbonyl (C=O) groups is 1. The monoisotopic (exact) mass is 475 g/mol. The second kappa shape index (κ2) is 12.7. The first-order valence-corrected chi connectivity index (χ1v) is 9.11. The molecule has 26 heavy (non-hydrogen) atoms. The van der Waals surface area contributed by atoms with Gasteiger partial charge in [-0.25, -0.2) is 9.98 Å². The number of guanidine groups is 1. The number of nitrogens with one attached hydrogen (secondary N) is 2. The first kappa shape index (κ1) is 22.5. The molecule has 0 unspecified atom stereocenters. The van der Waals surface area contributed by atoms with E-state index in [1.165, 1.54) is 0 Å². The molecule has 0 bridgehead atoms. The topological polar surface area (TPSA) is 78.9 Å². The highest BCUT2D eigenvalue weighted by Crippen LogP contribution is 2.15. The minimum Gasteiger partial charge on any atom is -0.477 e. The van der Waals surface area contributed by atoms with Crippen LogP contribution in [0.25, 0.3) is 0 Å². The smallest absolute Gasteiger partial charge is 0.241 e. The van der Waals surface area contributed by atoms with Crippen molar-refractivity contribution >= 4 is 35.8 Å². The van der Waals surface area contributed by atoms with Crippen molar-refractivity contribution in [2.24, 2.45) is 4.99 Å². The number of ether oxygens (including phenoxy) is 1. The summed E-state index contributed by atoms with van der Waals surface area (Å²) < 4.78 is 5.66. The second-order valence-corrected chi connectivity index (χ2v) is 5.95. The van der Waals surface area contributed by atoms with Gasteiger partial charge in [-0.05, 0) is 32.3 Å². The highest BCUT2D eigenvalue weighted by atomic mass is 127. The molecule has 1 aromatic rings. The fourth-order valence-corrected chi connectivity index (χ4v) is 2.62. The number of nitrogens with zero attached hydrogens (tertiary/aromatic N) is 3. The minimum absolute atomic E-state index is 0. The van der Waals surface area contributed by atoms with Gasteiger partial charge in [0, 0.05) is 31.4 Å². The van der Waals surface area contributed by atoms with Gasteiger partial charge < -0.3 is 20.3 Å². The van der Waals surface area contributed by atoms with Crippen LogP contribution in [0, 0.1) is 0 Å². The molecule has 0 aromatic carbocycles. The summed E-state index contributed by atoms with van der Waals surface area (Å²) in [5, 5.41) is 6.29. The Kier molecular flexibility index (Phi) is 11.0. The van der Waals surface area contributed by atoms with Crippen LogP contribution in [0.5, 0.6) is 5.88 Å². The molecule has 7 nitrogen and oxygen atoms in total. The van der Waals surface area contributed by atoms with E-state index in [0.717, 1.165) is 44.5 Å². The lowest BCUT2D eigenvalue weighted by atomic mass is 10.3. The normalized spacial score (nSPS) is 13.9. The molecular weight excluding hydrogens is 445 g/mol. The van der Waals surface area contributed by atoms with Gasteiger partial charge in [-0.1, -0.05) is 13.0 Å². The number of rotatable bonds is 8. The number of carbonyl (C=O) groups excluding carboxylic acids is 1. The number of aliphatic imine (C=N–C) groups is 1. The molecule has 0 radical (unpaired) electrons. The van der Waals surface area contributed by atoms with Gasteiger partial charge in [0.2, 0.25) is 11.8 Å². The van der Waals surface area contributed by atoms with E-state index >= 15 is 0 Å². The van der Waals surface area contributed by atoms with Crippen molar-refractivity contribution < 1.29 is 9.53 Å². The lowest BCUT2D eigenvalue weighted by Gasteiger charge is -2.17. The SMILES string of the molecule is CCCOc1ncccc1CN=C(NCC)NCC(=O)N1CCCC1.I. The lowest BCUT2D eigenvalue weighted by molar-refractivity contribution is -0.128. The fraction of sp³-hybridized carbons (Fsp3) is 0.611. The Balaban J connectivity index is 0.00000338. The number of aromatic nitrogens is 1. The average Bonchev–Trinajstić information content (AvgIpc) is 3.17. The predicted molar refractivity (Wildman–Crippen MR) is 114 cm³/mol. The highest BCUT2D eigenvalue weighted by molar-refractivity contribution is 14.0. The van der Waals surface area contributed by atoms with Gasteiger partial charge in [0.15, 0.2) is 5.96 Å².